The van der Waals surface area contributed by atoms with Crippen molar-refractivity contribution in [2.24, 2.45) is 11.3 Å². The van der Waals surface area contributed by atoms with Crippen molar-refractivity contribution in [1.82, 2.24) is 5.32 Å². The molecule has 2 N–H and O–H groups in total. The van der Waals surface area contributed by atoms with E-state index in [2.05, 4.69) is 31.4 Å². The molecule has 6 rings (SSSR count). The second-order valence-corrected chi connectivity index (χ2v) is 12.2. The van der Waals surface area contributed by atoms with Crippen LogP contribution in [0.3, 0.4) is 0 Å². The van der Waals surface area contributed by atoms with Crippen LogP contribution in [0.25, 0.3) is 10.8 Å². The molecule has 0 saturated heterocycles. The van der Waals surface area contributed by atoms with Crippen molar-refractivity contribution in [1.29, 1.82) is 0 Å². The topological polar surface area (TPSA) is 67.4 Å². The Kier molecular flexibility index (Phi) is 5.80. The zero-order valence-electron chi connectivity index (χ0n) is 21.3. The third-order valence-corrected chi connectivity index (χ3v) is 8.89. The summed E-state index contributed by atoms with van der Waals surface area (Å²) < 4.78 is 5.68. The van der Waals surface area contributed by atoms with Crippen molar-refractivity contribution in [2.75, 3.05) is 5.32 Å². The Morgan fingerprint density at radius 2 is 1.73 bits per heavy atom. The van der Waals surface area contributed by atoms with Crippen LogP contribution < -0.4 is 15.4 Å². The molecule has 2 heterocycles. The van der Waals surface area contributed by atoms with Gasteiger partial charge in [-0.05, 0) is 70.7 Å². The van der Waals surface area contributed by atoms with Crippen molar-refractivity contribution < 1.29 is 14.3 Å². The highest BCUT2D eigenvalue weighted by molar-refractivity contribution is 7.16. The molecule has 1 aromatic heterocycles. The maximum absolute atomic E-state index is 13.1. The molecule has 2 unspecified atom stereocenters. The number of nitrogens with one attached hydrogen (secondary N) is 2. The first-order chi connectivity index (χ1) is 17.8. The van der Waals surface area contributed by atoms with Crippen molar-refractivity contribution in [3.63, 3.8) is 0 Å². The average Bonchev–Trinajstić information content (AvgIpc) is 3.26. The Morgan fingerprint density at radius 1 is 0.973 bits per heavy atom. The van der Waals surface area contributed by atoms with Gasteiger partial charge < -0.3 is 15.4 Å². The number of ether oxygens (including phenoxy) is 1. The first-order valence-corrected chi connectivity index (χ1v) is 13.6. The van der Waals surface area contributed by atoms with Crippen LogP contribution in [0.5, 0.6) is 5.75 Å². The third kappa shape index (κ3) is 4.40. The molecule has 3 aromatic carbocycles. The molecule has 0 saturated carbocycles. The molecule has 4 aromatic rings. The van der Waals surface area contributed by atoms with Gasteiger partial charge in [0.25, 0.3) is 5.91 Å². The minimum atomic E-state index is -0.393. The van der Waals surface area contributed by atoms with Gasteiger partial charge in [0.2, 0.25) is 0 Å². The number of carbonyl (C=O) groups excluding carboxylic acids is 2. The highest BCUT2D eigenvalue weighted by Gasteiger charge is 2.36. The largest absolute Gasteiger partial charge is 0.423 e. The van der Waals surface area contributed by atoms with Crippen LogP contribution in [0, 0.1) is 11.3 Å². The fraction of sp³-hybridized carbons (Fsp3) is 0.290. The van der Waals surface area contributed by atoms with Crippen LogP contribution in [0.2, 0.25) is 0 Å². The Morgan fingerprint density at radius 3 is 2.51 bits per heavy atom. The maximum atomic E-state index is 13.1. The SMILES string of the molecule is CC(C)(C)C1CCc2c(sc3c2C(=O)NC(c2ccc(OC(=O)c4cccc5ccccc45)cc2)N3)C1. The lowest BCUT2D eigenvalue weighted by atomic mass is 9.72. The van der Waals surface area contributed by atoms with E-state index in [1.165, 1.54) is 10.4 Å². The van der Waals surface area contributed by atoms with Crippen molar-refractivity contribution in [2.45, 2.75) is 46.2 Å². The van der Waals surface area contributed by atoms with Gasteiger partial charge >= 0.3 is 5.97 Å². The molecule has 0 radical (unpaired) electrons. The number of amides is 1. The lowest BCUT2D eigenvalue weighted by molar-refractivity contribution is 0.0736. The second-order valence-electron chi connectivity index (χ2n) is 11.0. The average molecular weight is 511 g/mol. The number of hydrogen-bond acceptors (Lipinski definition) is 5. The standard InChI is InChI=1S/C31H30N2O3S/c1-31(2,3)20-13-16-24-25(17-20)37-29-26(24)28(34)32-27(33-29)19-11-14-21(15-12-19)36-30(35)23-10-6-8-18-7-4-5-9-22(18)23/h4-12,14-15,20,27,33H,13,16-17H2,1-3H3,(H,32,34). The van der Waals surface area contributed by atoms with Gasteiger partial charge in [-0.1, -0.05) is 69.3 Å². The Labute approximate surface area is 220 Å². The summed E-state index contributed by atoms with van der Waals surface area (Å²) in [5.74, 6) is 0.681. The van der Waals surface area contributed by atoms with E-state index >= 15 is 0 Å². The van der Waals surface area contributed by atoms with Gasteiger partial charge in [-0.3, -0.25) is 4.79 Å². The van der Waals surface area contributed by atoms with Gasteiger partial charge in [0, 0.05) is 4.88 Å². The van der Waals surface area contributed by atoms with E-state index in [9.17, 15) is 9.59 Å². The van der Waals surface area contributed by atoms with Crippen LogP contribution in [0.15, 0.2) is 66.7 Å². The van der Waals surface area contributed by atoms with Crippen molar-refractivity contribution in [3.05, 3.63) is 93.9 Å². The number of hydrogen-bond donors (Lipinski definition) is 2. The number of thiophene rings is 1. The fourth-order valence-electron chi connectivity index (χ4n) is 5.50. The summed E-state index contributed by atoms with van der Waals surface area (Å²) in [7, 11) is 0. The first kappa shape index (κ1) is 23.7. The highest BCUT2D eigenvalue weighted by atomic mass is 32.1. The molecule has 188 valence electrons. The van der Waals surface area contributed by atoms with E-state index < -0.39 is 5.97 Å². The molecular formula is C31H30N2O3S. The summed E-state index contributed by atoms with van der Waals surface area (Å²) in [6, 6.07) is 20.7. The van der Waals surface area contributed by atoms with E-state index in [0.29, 0.717) is 17.2 Å². The summed E-state index contributed by atoms with van der Waals surface area (Å²) in [5, 5.41) is 9.48. The van der Waals surface area contributed by atoms with Gasteiger partial charge in [0.05, 0.1) is 11.1 Å². The number of rotatable bonds is 3. The van der Waals surface area contributed by atoms with Gasteiger partial charge in [-0.15, -0.1) is 11.3 Å². The lowest BCUT2D eigenvalue weighted by Crippen LogP contribution is -2.38. The Hall–Kier alpha value is -3.64. The molecule has 37 heavy (non-hydrogen) atoms. The zero-order chi connectivity index (χ0) is 25.7. The quantitative estimate of drug-likeness (QED) is 0.227. The molecule has 2 aliphatic rings. The van der Waals surface area contributed by atoms with E-state index in [4.69, 9.17) is 4.74 Å². The van der Waals surface area contributed by atoms with Gasteiger partial charge in [-0.2, -0.15) is 0 Å². The molecule has 2 atom stereocenters. The zero-order valence-corrected chi connectivity index (χ0v) is 22.1. The number of esters is 1. The minimum absolute atomic E-state index is 0.0167. The van der Waals surface area contributed by atoms with Gasteiger partial charge in [0.1, 0.15) is 16.9 Å². The fourth-order valence-corrected chi connectivity index (χ4v) is 6.85. The molecule has 5 nitrogen and oxygen atoms in total. The normalized spacial score (nSPS) is 18.9. The Balaban J connectivity index is 1.18. The molecule has 0 bridgehead atoms. The number of fused-ring (bicyclic) bond motifs is 4. The maximum Gasteiger partial charge on any atom is 0.344 e. The summed E-state index contributed by atoms with van der Waals surface area (Å²) in [6.45, 7) is 6.92. The second kappa shape index (κ2) is 9.03. The van der Waals surface area contributed by atoms with Gasteiger partial charge in [-0.25, -0.2) is 4.79 Å². The van der Waals surface area contributed by atoms with E-state index in [-0.39, 0.29) is 17.5 Å². The van der Waals surface area contributed by atoms with E-state index in [1.807, 2.05) is 48.5 Å². The number of benzene rings is 3. The predicted octanol–water partition coefficient (Wildman–Crippen LogP) is 7.13. The molecule has 0 fully saturated rings. The molecule has 1 aliphatic carbocycles. The van der Waals surface area contributed by atoms with E-state index in [1.54, 1.807) is 29.5 Å². The van der Waals surface area contributed by atoms with Crippen LogP contribution in [-0.2, 0) is 12.8 Å². The highest BCUT2D eigenvalue weighted by Crippen LogP contribution is 2.46. The van der Waals surface area contributed by atoms with E-state index in [0.717, 1.165) is 46.2 Å². The number of anilines is 1. The smallest absolute Gasteiger partial charge is 0.344 e. The minimum Gasteiger partial charge on any atom is -0.423 e. The van der Waals surface area contributed by atoms with Crippen LogP contribution in [0.4, 0.5) is 5.00 Å². The summed E-state index contributed by atoms with van der Waals surface area (Å²) in [6.07, 6.45) is 2.78. The third-order valence-electron chi connectivity index (χ3n) is 7.70. The van der Waals surface area contributed by atoms with Gasteiger partial charge in [0.15, 0.2) is 0 Å². The monoisotopic (exact) mass is 510 g/mol. The van der Waals surface area contributed by atoms with Crippen LogP contribution in [0.1, 0.15) is 70.1 Å². The molecule has 1 amide bonds. The summed E-state index contributed by atoms with van der Waals surface area (Å²) >= 11 is 1.73. The number of carbonyl (C=O) groups is 2. The summed E-state index contributed by atoms with van der Waals surface area (Å²) in [5.41, 5.74) is 3.75. The Bertz CT molecular complexity index is 1510. The first-order valence-electron chi connectivity index (χ1n) is 12.8. The predicted molar refractivity (Wildman–Crippen MR) is 148 cm³/mol. The molecule has 0 spiro atoms. The van der Waals surface area contributed by atoms with Crippen molar-refractivity contribution in [3.8, 4) is 5.75 Å². The molecular weight excluding hydrogens is 480 g/mol. The molecule has 1 aliphatic heterocycles. The van der Waals surface area contributed by atoms with Crippen LogP contribution in [-0.4, -0.2) is 11.9 Å². The molecule has 6 heteroatoms. The summed E-state index contributed by atoms with van der Waals surface area (Å²) in [4.78, 5) is 27.4. The lowest BCUT2D eigenvalue weighted by Gasteiger charge is -2.34. The van der Waals surface area contributed by atoms with Crippen LogP contribution >= 0.6 is 11.3 Å². The van der Waals surface area contributed by atoms with Crippen molar-refractivity contribution >= 4 is 39.0 Å².